The lowest BCUT2D eigenvalue weighted by Gasteiger charge is -2.30. The van der Waals surface area contributed by atoms with Gasteiger partial charge in [0.15, 0.2) is 0 Å². The van der Waals surface area contributed by atoms with Crippen LogP contribution in [0, 0.1) is 20.8 Å². The minimum absolute atomic E-state index is 1.02. The van der Waals surface area contributed by atoms with Crippen LogP contribution in [0.25, 0.3) is 55.6 Å². The Bertz CT molecular complexity index is 4420. The van der Waals surface area contributed by atoms with Gasteiger partial charge in [0, 0.05) is 68.2 Å². The van der Waals surface area contributed by atoms with Crippen molar-refractivity contribution in [1.82, 2.24) is 0 Å². The van der Waals surface area contributed by atoms with Gasteiger partial charge in [0.1, 0.15) is 0 Å². The van der Waals surface area contributed by atoms with Crippen LogP contribution in [-0.2, 0) is 0 Å². The molecule has 14 aromatic carbocycles. The summed E-state index contributed by atoms with van der Waals surface area (Å²) in [5, 5.41) is 0. The molecule has 0 atom stereocenters. The third-order valence-electron chi connectivity index (χ3n) is 17.0. The summed E-state index contributed by atoms with van der Waals surface area (Å²) in [6, 6.07) is 130. The van der Waals surface area contributed by atoms with Crippen molar-refractivity contribution < 1.29 is 0 Å². The van der Waals surface area contributed by atoms with Gasteiger partial charge in [-0.1, -0.05) is 211 Å². The summed E-state index contributed by atoms with van der Waals surface area (Å²) in [5.41, 5.74) is 27.7. The topological polar surface area (TPSA) is 13.0 Å². The van der Waals surface area contributed by atoms with Crippen LogP contribution in [0.1, 0.15) is 16.7 Å². The number of para-hydroxylation sites is 4. The highest BCUT2D eigenvalue weighted by Crippen LogP contribution is 2.47. The molecule has 0 heterocycles. The van der Waals surface area contributed by atoms with Crippen LogP contribution in [0.3, 0.4) is 0 Å². The first-order valence-electron chi connectivity index (χ1n) is 31.2. The SMILES string of the molecule is Cc1ccc(N(c2ccc(C)cc2)c2ccc(-c3cc(-c4cccc(N(c5ccc(-c6ccccc6)cc5)c5ccc(-c6ccccc6)cc5)c4)cc(-c4cc(N(c5ccccc5)c5ccccc5)cc(N(c5ccccc5)c5ccccc5)c4)c3)c(C)c2)cc1. The maximum absolute atomic E-state index is 2.40. The molecule has 0 aromatic heterocycles. The highest BCUT2D eigenvalue weighted by molar-refractivity contribution is 5.92. The zero-order valence-electron chi connectivity index (χ0n) is 51.4. The van der Waals surface area contributed by atoms with Crippen molar-refractivity contribution in [3.05, 3.63) is 375 Å². The average molecular weight is 1170 g/mol. The summed E-state index contributed by atoms with van der Waals surface area (Å²) in [5.74, 6) is 0. The number of anilines is 12. The molecule has 0 saturated heterocycles. The zero-order valence-corrected chi connectivity index (χ0v) is 51.4. The predicted octanol–water partition coefficient (Wildman–Crippen LogP) is 24.8. The Morgan fingerprint density at radius 3 is 0.813 bits per heavy atom. The van der Waals surface area contributed by atoms with Crippen molar-refractivity contribution in [1.29, 1.82) is 0 Å². The molecule has 14 aromatic rings. The second-order valence-electron chi connectivity index (χ2n) is 23.3. The number of aryl methyl sites for hydroxylation is 3. The van der Waals surface area contributed by atoms with E-state index in [9.17, 15) is 0 Å². The third-order valence-corrected chi connectivity index (χ3v) is 17.0. The summed E-state index contributed by atoms with van der Waals surface area (Å²) < 4.78 is 0. The van der Waals surface area contributed by atoms with Crippen molar-refractivity contribution in [3.8, 4) is 55.6 Å². The predicted molar refractivity (Wildman–Crippen MR) is 387 cm³/mol. The fourth-order valence-corrected chi connectivity index (χ4v) is 12.4. The van der Waals surface area contributed by atoms with Crippen LogP contribution in [0.2, 0.25) is 0 Å². The van der Waals surface area contributed by atoms with E-state index in [1.807, 2.05) is 0 Å². The molecule has 4 nitrogen and oxygen atoms in total. The fourth-order valence-electron chi connectivity index (χ4n) is 12.4. The highest BCUT2D eigenvalue weighted by Gasteiger charge is 2.22. The minimum Gasteiger partial charge on any atom is -0.310 e. The van der Waals surface area contributed by atoms with Crippen molar-refractivity contribution in [2.24, 2.45) is 0 Å². The molecule has 0 unspecified atom stereocenters. The second kappa shape index (κ2) is 25.9. The summed E-state index contributed by atoms with van der Waals surface area (Å²) >= 11 is 0. The molecule has 0 aliphatic carbocycles. The van der Waals surface area contributed by atoms with Crippen LogP contribution in [0.15, 0.2) is 358 Å². The first kappa shape index (κ1) is 57.0. The monoisotopic (exact) mass is 1170 g/mol. The van der Waals surface area contributed by atoms with E-state index in [-0.39, 0.29) is 0 Å². The first-order valence-corrected chi connectivity index (χ1v) is 31.2. The van der Waals surface area contributed by atoms with Gasteiger partial charge in [-0.25, -0.2) is 0 Å². The van der Waals surface area contributed by atoms with E-state index in [2.05, 4.69) is 398 Å². The first-order chi connectivity index (χ1) is 44.8. The maximum Gasteiger partial charge on any atom is 0.0488 e. The summed E-state index contributed by atoms with van der Waals surface area (Å²) in [6.45, 7) is 6.54. The highest BCUT2D eigenvalue weighted by atomic mass is 15.2. The van der Waals surface area contributed by atoms with Crippen LogP contribution < -0.4 is 19.6 Å². The van der Waals surface area contributed by atoms with Crippen LogP contribution in [0.5, 0.6) is 0 Å². The molecule has 0 fully saturated rings. The molecule has 0 aliphatic rings. The zero-order chi connectivity index (χ0) is 61.5. The Hall–Kier alpha value is -11.7. The van der Waals surface area contributed by atoms with E-state index in [0.717, 1.165) is 107 Å². The molecule has 0 amide bonds. The smallest absolute Gasteiger partial charge is 0.0488 e. The van der Waals surface area contributed by atoms with E-state index in [0.29, 0.717) is 0 Å². The van der Waals surface area contributed by atoms with Gasteiger partial charge >= 0.3 is 0 Å². The maximum atomic E-state index is 2.40. The minimum atomic E-state index is 1.02. The molecule has 0 spiro atoms. The number of nitrogens with zero attached hydrogens (tertiary/aromatic N) is 4. The average Bonchev–Trinajstić information content (AvgIpc) is 1.27. The summed E-state index contributed by atoms with van der Waals surface area (Å²) in [7, 11) is 0. The Kier molecular flexibility index (Phi) is 16.3. The number of hydrogen-bond donors (Lipinski definition) is 0. The molecule has 436 valence electrons. The molecule has 0 aliphatic heterocycles. The van der Waals surface area contributed by atoms with E-state index in [4.69, 9.17) is 0 Å². The Balaban J connectivity index is 0.975. The lowest BCUT2D eigenvalue weighted by atomic mass is 9.90. The standard InChI is InChI=1S/C87H68N4/c1-63-37-45-79(46-38-63)89(80-47-39-64(2)40-48-80)84-53-54-87(65(3)55-84)74-57-71(70-27-22-36-83(59-70)88(81-49-41-68(42-50-81)66-23-10-4-11-24-66)82-51-43-69(44-52-82)67-25-12-5-13-26-67)56-72(58-74)73-60-85(90(75-28-14-6-15-29-75)76-30-16-7-17-31-76)62-86(61-73)91(77-32-18-8-19-33-77)78-34-20-9-21-35-78/h4-62H,1-3H3. The van der Waals surface area contributed by atoms with E-state index in [1.165, 1.54) is 33.4 Å². The van der Waals surface area contributed by atoms with Crippen molar-refractivity contribution in [3.63, 3.8) is 0 Å². The molecule has 14 rings (SSSR count). The number of benzene rings is 14. The van der Waals surface area contributed by atoms with Crippen molar-refractivity contribution in [2.75, 3.05) is 19.6 Å². The normalized spacial score (nSPS) is 11.0. The molecular weight excluding hydrogens is 1100 g/mol. The largest absolute Gasteiger partial charge is 0.310 e. The van der Waals surface area contributed by atoms with Crippen LogP contribution in [-0.4, -0.2) is 0 Å². The molecule has 0 bridgehead atoms. The number of rotatable bonds is 17. The molecule has 0 saturated carbocycles. The van der Waals surface area contributed by atoms with Gasteiger partial charge in [-0.15, -0.1) is 0 Å². The van der Waals surface area contributed by atoms with Gasteiger partial charge in [-0.05, 0) is 240 Å². The summed E-state index contributed by atoms with van der Waals surface area (Å²) in [6.07, 6.45) is 0. The Morgan fingerprint density at radius 2 is 0.418 bits per heavy atom. The van der Waals surface area contributed by atoms with Gasteiger partial charge in [-0.3, -0.25) is 0 Å². The lowest BCUT2D eigenvalue weighted by molar-refractivity contribution is 1.25. The lowest BCUT2D eigenvalue weighted by Crippen LogP contribution is -2.13. The quantitative estimate of drug-likeness (QED) is 0.0901. The van der Waals surface area contributed by atoms with Crippen molar-refractivity contribution in [2.45, 2.75) is 20.8 Å². The Labute approximate surface area is 535 Å². The summed E-state index contributed by atoms with van der Waals surface area (Å²) in [4.78, 5) is 9.50. The molecular formula is C87H68N4. The fraction of sp³-hybridized carbons (Fsp3) is 0.0345. The van der Waals surface area contributed by atoms with Crippen molar-refractivity contribution >= 4 is 68.2 Å². The molecule has 91 heavy (non-hydrogen) atoms. The molecule has 4 heteroatoms. The molecule has 0 radical (unpaired) electrons. The van der Waals surface area contributed by atoms with Gasteiger partial charge in [0.05, 0.1) is 0 Å². The number of hydrogen-bond acceptors (Lipinski definition) is 4. The molecule has 0 N–H and O–H groups in total. The van der Waals surface area contributed by atoms with Crippen LogP contribution >= 0.6 is 0 Å². The van der Waals surface area contributed by atoms with E-state index >= 15 is 0 Å². The van der Waals surface area contributed by atoms with Gasteiger partial charge in [-0.2, -0.15) is 0 Å². The Morgan fingerprint density at radius 1 is 0.154 bits per heavy atom. The third kappa shape index (κ3) is 12.4. The van der Waals surface area contributed by atoms with Gasteiger partial charge < -0.3 is 19.6 Å². The van der Waals surface area contributed by atoms with E-state index in [1.54, 1.807) is 0 Å². The van der Waals surface area contributed by atoms with Gasteiger partial charge in [0.25, 0.3) is 0 Å². The van der Waals surface area contributed by atoms with Crippen LogP contribution in [0.4, 0.5) is 68.2 Å². The van der Waals surface area contributed by atoms with Gasteiger partial charge in [0.2, 0.25) is 0 Å². The second-order valence-corrected chi connectivity index (χ2v) is 23.3. The van der Waals surface area contributed by atoms with E-state index < -0.39 is 0 Å².